The van der Waals surface area contributed by atoms with Gasteiger partial charge in [0.1, 0.15) is 5.75 Å². The molecule has 0 aliphatic carbocycles. The largest absolute Gasteiger partial charge is 0.497 e. The molecule has 0 amide bonds. The average Bonchev–Trinajstić information content (AvgIpc) is 2.62. The lowest BCUT2D eigenvalue weighted by molar-refractivity contribution is 0.348. The van der Waals surface area contributed by atoms with E-state index in [0.717, 1.165) is 11.1 Å². The van der Waals surface area contributed by atoms with E-state index >= 15 is 0 Å². The fourth-order valence-electron chi connectivity index (χ4n) is 2.43. The third kappa shape index (κ3) is 3.38. The maximum atomic E-state index is 6.39. The van der Waals surface area contributed by atoms with Crippen molar-refractivity contribution < 1.29 is 14.2 Å². The number of hydrogen-bond acceptors (Lipinski definition) is 6. The Morgan fingerprint density at radius 3 is 2.12 bits per heavy atom. The van der Waals surface area contributed by atoms with Crippen LogP contribution in [0, 0.1) is 6.92 Å². The van der Waals surface area contributed by atoms with Crippen molar-refractivity contribution in [2.24, 2.45) is 11.6 Å². The molecule has 5 N–H and O–H groups in total. The smallest absolute Gasteiger partial charge is 0.170 e. The predicted octanol–water partition coefficient (Wildman–Crippen LogP) is 2.27. The Morgan fingerprint density at radius 2 is 1.62 bits per heavy atom. The number of methoxy groups -OCH3 is 3. The van der Waals surface area contributed by atoms with Gasteiger partial charge in [-0.25, -0.2) is 0 Å². The van der Waals surface area contributed by atoms with Gasteiger partial charge in [0.15, 0.2) is 11.5 Å². The number of benzene rings is 2. The Labute approximate surface area is 142 Å². The number of ether oxygens (including phenoxy) is 3. The molecule has 24 heavy (non-hydrogen) atoms. The molecule has 6 nitrogen and oxygen atoms in total. The molecule has 0 saturated carbocycles. The summed E-state index contributed by atoms with van der Waals surface area (Å²) in [5.74, 6) is 7.36. The summed E-state index contributed by atoms with van der Waals surface area (Å²) in [5, 5.41) is 0. The Hall–Kier alpha value is -2.86. The zero-order chi connectivity index (χ0) is 17.7. The topological polar surface area (TPSA) is 91.8 Å². The minimum Gasteiger partial charge on any atom is -0.497 e. The zero-order valence-corrected chi connectivity index (χ0v) is 14.3. The first-order valence-corrected chi connectivity index (χ1v) is 7.39. The molecule has 6 heteroatoms. The summed E-state index contributed by atoms with van der Waals surface area (Å²) in [4.78, 5) is 0. The van der Waals surface area contributed by atoms with Crippen LogP contribution in [0.1, 0.15) is 16.7 Å². The number of hydrazine groups is 1. The summed E-state index contributed by atoms with van der Waals surface area (Å²) >= 11 is 0. The summed E-state index contributed by atoms with van der Waals surface area (Å²) in [5.41, 5.74) is 12.7. The zero-order valence-electron chi connectivity index (χ0n) is 14.3. The fraction of sp³-hybridized carbons (Fsp3) is 0.222. The maximum Gasteiger partial charge on any atom is 0.170 e. The van der Waals surface area contributed by atoms with E-state index in [0.29, 0.717) is 34.2 Å². The summed E-state index contributed by atoms with van der Waals surface area (Å²) < 4.78 is 16.2. The highest BCUT2D eigenvalue weighted by molar-refractivity contribution is 5.91. The van der Waals surface area contributed by atoms with Gasteiger partial charge in [0, 0.05) is 17.2 Å². The second-order valence-electron chi connectivity index (χ2n) is 5.21. The Morgan fingerprint density at radius 1 is 0.958 bits per heavy atom. The van der Waals surface area contributed by atoms with Gasteiger partial charge in [0.2, 0.25) is 0 Å². The lowest BCUT2D eigenvalue weighted by Gasteiger charge is -2.18. The molecule has 0 fully saturated rings. The standard InChI is InChI=1S/C18H23N3O3/c1-11-5-7-12(8-6-11)17(21-20)16(19)14-9-13(22-2)10-15(23-3)18(14)24-4/h5-10,21H,19-20H2,1-4H3/b17-16-. The number of hydrogen-bond donors (Lipinski definition) is 3. The minimum absolute atomic E-state index is 0.426. The Kier molecular flexibility index (Phi) is 5.55. The van der Waals surface area contributed by atoms with Crippen LogP contribution in [0.2, 0.25) is 0 Å². The first-order valence-electron chi connectivity index (χ1n) is 7.39. The molecule has 0 aliphatic heterocycles. The van der Waals surface area contributed by atoms with Crippen molar-refractivity contribution >= 4 is 11.4 Å². The molecule has 0 unspecified atom stereocenters. The molecule has 2 rings (SSSR count). The van der Waals surface area contributed by atoms with Crippen LogP contribution >= 0.6 is 0 Å². The molecular formula is C18H23N3O3. The Bertz CT molecular complexity index is 740. The molecular weight excluding hydrogens is 306 g/mol. The van der Waals surface area contributed by atoms with Gasteiger partial charge in [0.25, 0.3) is 0 Å². The van der Waals surface area contributed by atoms with Crippen LogP contribution in [-0.4, -0.2) is 21.3 Å². The van der Waals surface area contributed by atoms with Crippen molar-refractivity contribution in [3.05, 3.63) is 53.1 Å². The number of aryl methyl sites for hydroxylation is 1. The van der Waals surface area contributed by atoms with Crippen LogP contribution in [0.4, 0.5) is 0 Å². The van der Waals surface area contributed by atoms with Crippen LogP contribution in [0.3, 0.4) is 0 Å². The van der Waals surface area contributed by atoms with Crippen LogP contribution < -0.4 is 31.2 Å². The summed E-state index contributed by atoms with van der Waals surface area (Å²) in [6.45, 7) is 2.02. The third-order valence-corrected chi connectivity index (χ3v) is 3.73. The van der Waals surface area contributed by atoms with Gasteiger partial charge in [-0.2, -0.15) is 0 Å². The second-order valence-corrected chi connectivity index (χ2v) is 5.21. The van der Waals surface area contributed by atoms with Gasteiger partial charge in [-0.3, -0.25) is 5.84 Å². The van der Waals surface area contributed by atoms with E-state index in [2.05, 4.69) is 5.43 Å². The SMILES string of the molecule is COc1cc(OC)c(OC)c(/C(N)=C(/NN)c2ccc(C)cc2)c1. The van der Waals surface area contributed by atoms with Gasteiger partial charge in [-0.05, 0) is 13.0 Å². The molecule has 0 aliphatic rings. The van der Waals surface area contributed by atoms with E-state index in [9.17, 15) is 0 Å². The highest BCUT2D eigenvalue weighted by atomic mass is 16.5. The molecule has 0 bridgehead atoms. The van der Waals surface area contributed by atoms with E-state index in [4.69, 9.17) is 25.8 Å². The molecule has 0 aromatic heterocycles. The first kappa shape index (κ1) is 17.5. The van der Waals surface area contributed by atoms with Gasteiger partial charge in [-0.15, -0.1) is 0 Å². The van der Waals surface area contributed by atoms with Gasteiger partial charge >= 0.3 is 0 Å². The number of nitrogens with two attached hydrogens (primary N) is 2. The molecule has 0 heterocycles. The van der Waals surface area contributed by atoms with Crippen LogP contribution in [0.25, 0.3) is 11.4 Å². The summed E-state index contributed by atoms with van der Waals surface area (Å²) in [6.07, 6.45) is 0. The maximum absolute atomic E-state index is 6.39. The molecule has 0 spiro atoms. The third-order valence-electron chi connectivity index (χ3n) is 3.73. The van der Waals surface area contributed by atoms with E-state index in [-0.39, 0.29) is 0 Å². The lowest BCUT2D eigenvalue weighted by Crippen LogP contribution is -2.23. The predicted molar refractivity (Wildman–Crippen MR) is 95.6 cm³/mol. The monoisotopic (exact) mass is 329 g/mol. The van der Waals surface area contributed by atoms with E-state index < -0.39 is 0 Å². The quantitative estimate of drug-likeness (QED) is 0.428. The van der Waals surface area contributed by atoms with Crippen molar-refractivity contribution in [3.63, 3.8) is 0 Å². The van der Waals surface area contributed by atoms with Crippen molar-refractivity contribution in [2.75, 3.05) is 21.3 Å². The van der Waals surface area contributed by atoms with Crippen LogP contribution in [0.15, 0.2) is 36.4 Å². The fourth-order valence-corrected chi connectivity index (χ4v) is 2.43. The summed E-state index contributed by atoms with van der Waals surface area (Å²) in [7, 11) is 4.69. The minimum atomic E-state index is 0.426. The molecule has 0 saturated heterocycles. The number of nitrogens with one attached hydrogen (secondary N) is 1. The van der Waals surface area contributed by atoms with E-state index in [1.807, 2.05) is 31.2 Å². The number of rotatable bonds is 6. The molecule has 128 valence electrons. The normalized spacial score (nSPS) is 11.5. The van der Waals surface area contributed by atoms with E-state index in [1.165, 1.54) is 0 Å². The van der Waals surface area contributed by atoms with Crippen molar-refractivity contribution in [1.29, 1.82) is 0 Å². The van der Waals surface area contributed by atoms with E-state index in [1.54, 1.807) is 33.5 Å². The molecule has 2 aromatic rings. The Balaban J connectivity index is 2.68. The van der Waals surface area contributed by atoms with Crippen molar-refractivity contribution in [1.82, 2.24) is 5.43 Å². The van der Waals surface area contributed by atoms with Crippen LogP contribution in [0.5, 0.6) is 17.2 Å². The molecule has 0 radical (unpaired) electrons. The summed E-state index contributed by atoms with van der Waals surface area (Å²) in [6, 6.07) is 11.4. The second kappa shape index (κ2) is 7.61. The van der Waals surface area contributed by atoms with Crippen molar-refractivity contribution in [3.8, 4) is 17.2 Å². The molecule has 0 atom stereocenters. The highest BCUT2D eigenvalue weighted by Crippen LogP contribution is 2.39. The lowest BCUT2D eigenvalue weighted by atomic mass is 10.0. The van der Waals surface area contributed by atoms with Gasteiger partial charge < -0.3 is 25.4 Å². The molecule has 2 aromatic carbocycles. The van der Waals surface area contributed by atoms with Crippen molar-refractivity contribution in [2.45, 2.75) is 6.92 Å². The van der Waals surface area contributed by atoms with Gasteiger partial charge in [-0.1, -0.05) is 29.8 Å². The first-order chi connectivity index (χ1) is 11.5. The highest BCUT2D eigenvalue weighted by Gasteiger charge is 2.18. The average molecular weight is 329 g/mol. The van der Waals surface area contributed by atoms with Gasteiger partial charge in [0.05, 0.1) is 32.7 Å². The van der Waals surface area contributed by atoms with Crippen LogP contribution in [-0.2, 0) is 0 Å².